The van der Waals surface area contributed by atoms with Crippen molar-refractivity contribution in [2.45, 2.75) is 11.3 Å². The number of nitrogens with one attached hydrogen (secondary N) is 2. The van der Waals surface area contributed by atoms with Gasteiger partial charge in [0.2, 0.25) is 5.91 Å². The van der Waals surface area contributed by atoms with E-state index in [1.165, 1.54) is 25.2 Å². The van der Waals surface area contributed by atoms with Gasteiger partial charge in [-0.25, -0.2) is 8.42 Å². The van der Waals surface area contributed by atoms with Gasteiger partial charge >= 0.3 is 0 Å². The van der Waals surface area contributed by atoms with Gasteiger partial charge in [-0.2, -0.15) is 0 Å². The van der Waals surface area contributed by atoms with E-state index in [1.54, 1.807) is 30.3 Å². The lowest BCUT2D eigenvalue weighted by Gasteiger charge is -2.10. The zero-order valence-corrected chi connectivity index (χ0v) is 15.0. The van der Waals surface area contributed by atoms with Crippen LogP contribution in [-0.4, -0.2) is 33.0 Å². The van der Waals surface area contributed by atoms with E-state index in [4.69, 9.17) is 11.6 Å². The van der Waals surface area contributed by atoms with Gasteiger partial charge < -0.3 is 10.6 Å². The Labute approximate surface area is 151 Å². The van der Waals surface area contributed by atoms with Crippen LogP contribution in [0.3, 0.4) is 0 Å². The largest absolute Gasteiger partial charge is 0.355 e. The first-order valence-corrected chi connectivity index (χ1v) is 9.46. The van der Waals surface area contributed by atoms with Gasteiger partial charge in [-0.05, 0) is 30.3 Å². The Morgan fingerprint density at radius 3 is 2.48 bits per heavy atom. The zero-order chi connectivity index (χ0) is 18.4. The molecule has 2 N–H and O–H groups in total. The minimum absolute atomic E-state index is 0.0681. The van der Waals surface area contributed by atoms with Crippen molar-refractivity contribution < 1.29 is 18.0 Å². The van der Waals surface area contributed by atoms with Crippen LogP contribution in [0.25, 0.3) is 0 Å². The van der Waals surface area contributed by atoms with Crippen LogP contribution in [0.5, 0.6) is 0 Å². The first-order valence-electron chi connectivity index (χ1n) is 7.43. The summed E-state index contributed by atoms with van der Waals surface area (Å²) >= 11 is 5.80. The van der Waals surface area contributed by atoms with Gasteiger partial charge in [-0.15, -0.1) is 0 Å². The summed E-state index contributed by atoms with van der Waals surface area (Å²) in [5.74, 6) is -1.20. The molecular formula is C17H17ClN2O4S. The third kappa shape index (κ3) is 5.04. The van der Waals surface area contributed by atoms with Gasteiger partial charge in [0, 0.05) is 18.5 Å². The van der Waals surface area contributed by atoms with Crippen LogP contribution in [0.1, 0.15) is 16.8 Å². The average Bonchev–Trinajstić information content (AvgIpc) is 2.60. The molecule has 6 nitrogen and oxygen atoms in total. The molecule has 2 rings (SSSR count). The summed E-state index contributed by atoms with van der Waals surface area (Å²) in [4.78, 5) is 23.9. The summed E-state index contributed by atoms with van der Waals surface area (Å²) in [5.41, 5.74) is 0.628. The monoisotopic (exact) mass is 380 g/mol. The van der Waals surface area contributed by atoms with E-state index in [2.05, 4.69) is 10.6 Å². The molecule has 2 aromatic carbocycles. The number of halogens is 1. The molecule has 0 radical (unpaired) electrons. The first-order chi connectivity index (χ1) is 11.8. The molecule has 2 aromatic rings. The van der Waals surface area contributed by atoms with Crippen molar-refractivity contribution in [1.29, 1.82) is 0 Å². The Morgan fingerprint density at radius 1 is 1.08 bits per heavy atom. The molecule has 0 aliphatic heterocycles. The maximum atomic E-state index is 12.3. The second-order valence-electron chi connectivity index (χ2n) is 5.20. The highest BCUT2D eigenvalue weighted by atomic mass is 35.5. The lowest BCUT2D eigenvalue weighted by Crippen LogP contribution is -2.22. The second kappa shape index (κ2) is 8.13. The third-order valence-corrected chi connectivity index (χ3v) is 5.37. The van der Waals surface area contributed by atoms with E-state index in [0.29, 0.717) is 16.3 Å². The Morgan fingerprint density at radius 2 is 1.80 bits per heavy atom. The molecular weight excluding hydrogens is 364 g/mol. The van der Waals surface area contributed by atoms with Crippen molar-refractivity contribution in [3.05, 3.63) is 59.1 Å². The van der Waals surface area contributed by atoms with Crippen molar-refractivity contribution in [1.82, 2.24) is 5.32 Å². The predicted molar refractivity (Wildman–Crippen MR) is 96.6 cm³/mol. The highest BCUT2D eigenvalue weighted by Crippen LogP contribution is 2.18. The normalized spacial score (nSPS) is 11.0. The molecule has 0 bridgehead atoms. The highest BCUT2D eigenvalue weighted by molar-refractivity contribution is 7.91. The molecule has 0 saturated heterocycles. The number of hydrogen-bond donors (Lipinski definition) is 2. The number of amides is 2. The summed E-state index contributed by atoms with van der Waals surface area (Å²) in [6, 6.07) is 12.4. The summed E-state index contributed by atoms with van der Waals surface area (Å²) in [6.45, 7) is 0. The molecule has 25 heavy (non-hydrogen) atoms. The predicted octanol–water partition coefficient (Wildman–Crippen LogP) is 2.50. The zero-order valence-electron chi connectivity index (χ0n) is 13.5. The standard InChI is InChI=1S/C17H17ClN2O4S/c1-19-17(22)14-7-2-3-8-15(14)20-16(21)9-10-25(23,24)13-6-4-5-12(18)11-13/h2-8,11H,9-10H2,1H3,(H,19,22)(H,20,21). The Kier molecular flexibility index (Phi) is 6.17. The number of anilines is 1. The SMILES string of the molecule is CNC(=O)c1ccccc1NC(=O)CCS(=O)(=O)c1cccc(Cl)c1. The number of hydrogen-bond acceptors (Lipinski definition) is 4. The summed E-state index contributed by atoms with van der Waals surface area (Å²) in [5, 5.41) is 5.36. The highest BCUT2D eigenvalue weighted by Gasteiger charge is 2.18. The first kappa shape index (κ1) is 19.0. The van der Waals surface area contributed by atoms with E-state index in [9.17, 15) is 18.0 Å². The number of carbonyl (C=O) groups excluding carboxylic acids is 2. The molecule has 2 amide bonds. The molecule has 0 aliphatic rings. The molecule has 0 atom stereocenters. The van der Waals surface area contributed by atoms with Gasteiger partial charge in [0.15, 0.2) is 9.84 Å². The van der Waals surface area contributed by atoms with E-state index in [-0.39, 0.29) is 23.0 Å². The van der Waals surface area contributed by atoms with Gasteiger partial charge in [-0.3, -0.25) is 9.59 Å². The molecule has 132 valence electrons. The molecule has 0 unspecified atom stereocenters. The number of carbonyl (C=O) groups is 2. The van der Waals surface area contributed by atoms with Gasteiger partial charge in [0.1, 0.15) is 0 Å². The summed E-state index contributed by atoms with van der Waals surface area (Å²) < 4.78 is 24.5. The van der Waals surface area contributed by atoms with Crippen molar-refractivity contribution in [2.24, 2.45) is 0 Å². The van der Waals surface area contributed by atoms with E-state index < -0.39 is 15.7 Å². The Hall–Kier alpha value is -2.38. The van der Waals surface area contributed by atoms with Crippen molar-refractivity contribution >= 4 is 38.9 Å². The van der Waals surface area contributed by atoms with Crippen molar-refractivity contribution in [3.8, 4) is 0 Å². The average molecular weight is 381 g/mol. The quantitative estimate of drug-likeness (QED) is 0.805. The minimum Gasteiger partial charge on any atom is -0.355 e. The van der Waals surface area contributed by atoms with Crippen LogP contribution in [-0.2, 0) is 14.6 Å². The van der Waals surface area contributed by atoms with Crippen LogP contribution < -0.4 is 10.6 Å². The smallest absolute Gasteiger partial charge is 0.253 e. The number of benzene rings is 2. The van der Waals surface area contributed by atoms with Gasteiger partial charge in [0.05, 0.1) is 21.9 Å². The van der Waals surface area contributed by atoms with Crippen LogP contribution in [0.4, 0.5) is 5.69 Å². The Balaban J connectivity index is 2.05. The van der Waals surface area contributed by atoms with Crippen LogP contribution in [0.2, 0.25) is 5.02 Å². The minimum atomic E-state index is -3.63. The van der Waals surface area contributed by atoms with Crippen molar-refractivity contribution in [3.63, 3.8) is 0 Å². The summed E-state index contributed by atoms with van der Waals surface area (Å²) in [6.07, 6.45) is -0.239. The lowest BCUT2D eigenvalue weighted by atomic mass is 10.1. The van der Waals surface area contributed by atoms with Gasteiger partial charge in [0.25, 0.3) is 5.91 Å². The van der Waals surface area contributed by atoms with E-state index >= 15 is 0 Å². The molecule has 0 saturated carbocycles. The molecule has 0 spiro atoms. The lowest BCUT2D eigenvalue weighted by molar-refractivity contribution is -0.115. The van der Waals surface area contributed by atoms with E-state index in [1.807, 2.05) is 0 Å². The fourth-order valence-corrected chi connectivity index (χ4v) is 3.68. The number of sulfone groups is 1. The molecule has 0 fully saturated rings. The summed E-state index contributed by atoms with van der Waals surface area (Å²) in [7, 11) is -2.14. The van der Waals surface area contributed by atoms with Crippen LogP contribution in [0, 0.1) is 0 Å². The third-order valence-electron chi connectivity index (χ3n) is 3.43. The molecule has 8 heteroatoms. The fourth-order valence-electron chi connectivity index (χ4n) is 2.14. The number of para-hydroxylation sites is 1. The maximum Gasteiger partial charge on any atom is 0.253 e. The fraction of sp³-hybridized carbons (Fsp3) is 0.176. The maximum absolute atomic E-state index is 12.3. The van der Waals surface area contributed by atoms with Gasteiger partial charge in [-0.1, -0.05) is 29.8 Å². The second-order valence-corrected chi connectivity index (χ2v) is 7.74. The Bertz CT molecular complexity index is 897. The topological polar surface area (TPSA) is 92.3 Å². The molecule has 0 aromatic heterocycles. The van der Waals surface area contributed by atoms with E-state index in [0.717, 1.165) is 0 Å². The van der Waals surface area contributed by atoms with Crippen LogP contribution >= 0.6 is 11.6 Å². The number of rotatable bonds is 6. The van der Waals surface area contributed by atoms with Crippen molar-refractivity contribution in [2.75, 3.05) is 18.1 Å². The van der Waals surface area contributed by atoms with Crippen LogP contribution in [0.15, 0.2) is 53.4 Å². The molecule has 0 heterocycles. The molecule has 0 aliphatic carbocycles.